The number of fused-ring (bicyclic) bond motifs is 1. The predicted molar refractivity (Wildman–Crippen MR) is 62.3 cm³/mol. The molecule has 0 amide bonds. The summed E-state index contributed by atoms with van der Waals surface area (Å²) in [6, 6.07) is 4.26. The van der Waals surface area contributed by atoms with Crippen LogP contribution >= 0.6 is 12.4 Å². The van der Waals surface area contributed by atoms with Gasteiger partial charge in [-0.15, -0.1) is 12.4 Å². The topological polar surface area (TPSA) is 43.3 Å². The van der Waals surface area contributed by atoms with Crippen LogP contribution in [0, 0.1) is 0 Å². The number of pyridine rings is 1. The van der Waals surface area contributed by atoms with E-state index in [0.29, 0.717) is 6.54 Å². The summed E-state index contributed by atoms with van der Waals surface area (Å²) < 4.78 is 2.08. The Labute approximate surface area is 94.7 Å². The largest absolute Gasteiger partial charge is 0.325 e. The highest BCUT2D eigenvalue weighted by Gasteiger charge is 2.23. The molecule has 4 heteroatoms. The van der Waals surface area contributed by atoms with Crippen molar-refractivity contribution in [3.8, 4) is 0 Å². The van der Waals surface area contributed by atoms with Crippen molar-refractivity contribution in [3.05, 3.63) is 35.8 Å². The van der Waals surface area contributed by atoms with Crippen LogP contribution in [0.25, 0.3) is 5.65 Å². The van der Waals surface area contributed by atoms with Gasteiger partial charge in [-0.1, -0.05) is 6.07 Å². The molecule has 0 unspecified atom stereocenters. The van der Waals surface area contributed by atoms with Crippen molar-refractivity contribution in [1.82, 2.24) is 9.38 Å². The van der Waals surface area contributed by atoms with Gasteiger partial charge in [-0.25, -0.2) is 4.98 Å². The highest BCUT2D eigenvalue weighted by atomic mass is 35.5. The van der Waals surface area contributed by atoms with Crippen molar-refractivity contribution in [2.75, 3.05) is 0 Å². The zero-order chi connectivity index (χ0) is 9.54. The number of hydrogen-bond acceptors (Lipinski definition) is 2. The maximum absolute atomic E-state index is 5.55. The number of rotatable bonds is 2. The second-order valence-electron chi connectivity index (χ2n) is 3.94. The van der Waals surface area contributed by atoms with E-state index in [4.69, 9.17) is 5.73 Å². The maximum Gasteiger partial charge on any atom is 0.137 e. The van der Waals surface area contributed by atoms with Crippen LogP contribution in [0.2, 0.25) is 0 Å². The monoisotopic (exact) mass is 223 g/mol. The van der Waals surface area contributed by atoms with Gasteiger partial charge < -0.3 is 10.1 Å². The van der Waals surface area contributed by atoms with Crippen LogP contribution in [0.5, 0.6) is 0 Å². The second-order valence-corrected chi connectivity index (χ2v) is 3.94. The molecule has 1 fully saturated rings. The normalized spacial score (nSPS) is 15.3. The molecule has 0 atom stereocenters. The molecule has 0 spiro atoms. The molecule has 1 aliphatic rings. The Bertz CT molecular complexity index is 474. The minimum Gasteiger partial charge on any atom is -0.325 e. The lowest BCUT2D eigenvalue weighted by Crippen LogP contribution is -1.95. The molecule has 2 aromatic heterocycles. The van der Waals surface area contributed by atoms with Crippen LogP contribution in [0.4, 0.5) is 0 Å². The standard InChI is InChI=1S/C11H13N3.ClH/c12-5-10-7-14-6-9(8-1-2-8)3-4-11(14)13-10;/h3-4,6-8H,1-2,5,12H2;1H. The molecule has 2 aromatic rings. The molecule has 3 nitrogen and oxygen atoms in total. The molecular formula is C11H14ClN3. The van der Waals surface area contributed by atoms with E-state index in [1.807, 2.05) is 6.20 Å². The summed E-state index contributed by atoms with van der Waals surface area (Å²) in [7, 11) is 0. The van der Waals surface area contributed by atoms with Gasteiger partial charge >= 0.3 is 0 Å². The van der Waals surface area contributed by atoms with Gasteiger partial charge in [-0.05, 0) is 30.4 Å². The average molecular weight is 224 g/mol. The van der Waals surface area contributed by atoms with Crippen LogP contribution in [0.1, 0.15) is 30.0 Å². The first-order valence-corrected chi connectivity index (χ1v) is 5.04. The Kier molecular flexibility index (Phi) is 2.67. The molecule has 2 heterocycles. The van der Waals surface area contributed by atoms with E-state index >= 15 is 0 Å². The van der Waals surface area contributed by atoms with Crippen LogP contribution in [-0.2, 0) is 6.54 Å². The molecule has 0 bridgehead atoms. The highest BCUT2D eigenvalue weighted by molar-refractivity contribution is 5.85. The number of halogens is 1. The summed E-state index contributed by atoms with van der Waals surface area (Å²) in [6.07, 6.45) is 6.87. The zero-order valence-electron chi connectivity index (χ0n) is 8.39. The van der Waals surface area contributed by atoms with E-state index in [2.05, 4.69) is 27.7 Å². The van der Waals surface area contributed by atoms with Gasteiger partial charge in [0.1, 0.15) is 5.65 Å². The first-order valence-electron chi connectivity index (χ1n) is 5.04. The summed E-state index contributed by atoms with van der Waals surface area (Å²) in [5.41, 5.74) is 8.93. The first kappa shape index (κ1) is 10.5. The van der Waals surface area contributed by atoms with Crippen molar-refractivity contribution in [2.45, 2.75) is 25.3 Å². The Hall–Kier alpha value is -1.06. The van der Waals surface area contributed by atoms with Gasteiger partial charge in [-0.2, -0.15) is 0 Å². The van der Waals surface area contributed by atoms with E-state index in [9.17, 15) is 0 Å². The number of nitrogens with two attached hydrogens (primary N) is 1. The number of aromatic nitrogens is 2. The third kappa shape index (κ3) is 1.85. The van der Waals surface area contributed by atoms with Crippen molar-refractivity contribution in [3.63, 3.8) is 0 Å². The van der Waals surface area contributed by atoms with E-state index in [-0.39, 0.29) is 12.4 Å². The summed E-state index contributed by atoms with van der Waals surface area (Å²) in [5, 5.41) is 0. The molecule has 1 saturated carbocycles. The fourth-order valence-corrected chi connectivity index (χ4v) is 1.82. The minimum atomic E-state index is 0. The molecule has 0 radical (unpaired) electrons. The van der Waals surface area contributed by atoms with Gasteiger partial charge in [-0.3, -0.25) is 0 Å². The zero-order valence-corrected chi connectivity index (χ0v) is 9.20. The smallest absolute Gasteiger partial charge is 0.137 e. The predicted octanol–water partition coefficient (Wildman–Crippen LogP) is 2.09. The number of imidazole rings is 1. The van der Waals surface area contributed by atoms with Crippen molar-refractivity contribution in [1.29, 1.82) is 0 Å². The van der Waals surface area contributed by atoms with Gasteiger partial charge in [0.15, 0.2) is 0 Å². The van der Waals surface area contributed by atoms with E-state index in [1.54, 1.807) is 0 Å². The Morgan fingerprint density at radius 2 is 2.13 bits per heavy atom. The SMILES string of the molecule is Cl.NCc1cn2cc(C3CC3)ccc2n1. The van der Waals surface area contributed by atoms with Crippen molar-refractivity contribution < 1.29 is 0 Å². The van der Waals surface area contributed by atoms with E-state index < -0.39 is 0 Å². The average Bonchev–Trinajstić information content (AvgIpc) is 2.97. The molecule has 2 N–H and O–H groups in total. The van der Waals surface area contributed by atoms with Crippen LogP contribution in [0.3, 0.4) is 0 Å². The molecular weight excluding hydrogens is 210 g/mol. The number of hydrogen-bond donors (Lipinski definition) is 1. The quantitative estimate of drug-likeness (QED) is 0.847. The van der Waals surface area contributed by atoms with Crippen LogP contribution in [-0.4, -0.2) is 9.38 Å². The number of nitrogens with zero attached hydrogens (tertiary/aromatic N) is 2. The van der Waals surface area contributed by atoms with E-state index in [1.165, 1.54) is 18.4 Å². The third-order valence-corrected chi connectivity index (χ3v) is 2.78. The Morgan fingerprint density at radius 1 is 1.33 bits per heavy atom. The fraction of sp³-hybridized carbons (Fsp3) is 0.364. The molecule has 80 valence electrons. The second kappa shape index (κ2) is 3.83. The third-order valence-electron chi connectivity index (χ3n) is 2.78. The van der Waals surface area contributed by atoms with Crippen molar-refractivity contribution in [2.24, 2.45) is 5.73 Å². The molecule has 1 aliphatic carbocycles. The highest BCUT2D eigenvalue weighted by Crippen LogP contribution is 2.39. The van der Waals surface area contributed by atoms with Gasteiger partial charge in [0.2, 0.25) is 0 Å². The van der Waals surface area contributed by atoms with Gasteiger partial charge in [0.05, 0.1) is 5.69 Å². The Morgan fingerprint density at radius 3 is 2.80 bits per heavy atom. The maximum atomic E-state index is 5.55. The fourth-order valence-electron chi connectivity index (χ4n) is 1.82. The lowest BCUT2D eigenvalue weighted by Gasteiger charge is -1.98. The Balaban J connectivity index is 0.000000853. The molecule has 0 aromatic carbocycles. The van der Waals surface area contributed by atoms with Gasteiger partial charge in [0.25, 0.3) is 0 Å². The lowest BCUT2D eigenvalue weighted by atomic mass is 10.2. The first-order chi connectivity index (χ1) is 6.86. The molecule has 0 aliphatic heterocycles. The minimum absolute atomic E-state index is 0. The van der Waals surface area contributed by atoms with Crippen molar-refractivity contribution >= 4 is 18.1 Å². The van der Waals surface area contributed by atoms with Crippen LogP contribution in [0.15, 0.2) is 24.5 Å². The molecule has 3 rings (SSSR count). The molecule has 0 saturated heterocycles. The van der Waals surface area contributed by atoms with Crippen LogP contribution < -0.4 is 5.73 Å². The van der Waals surface area contributed by atoms with E-state index in [0.717, 1.165) is 17.3 Å². The summed E-state index contributed by atoms with van der Waals surface area (Å²) in [5.74, 6) is 0.795. The lowest BCUT2D eigenvalue weighted by molar-refractivity contribution is 1.01. The summed E-state index contributed by atoms with van der Waals surface area (Å²) in [6.45, 7) is 0.514. The summed E-state index contributed by atoms with van der Waals surface area (Å²) in [4.78, 5) is 4.39. The summed E-state index contributed by atoms with van der Waals surface area (Å²) >= 11 is 0. The van der Waals surface area contributed by atoms with Gasteiger partial charge in [0, 0.05) is 18.9 Å². The molecule has 15 heavy (non-hydrogen) atoms.